The van der Waals surface area contributed by atoms with Crippen molar-refractivity contribution in [3.63, 3.8) is 0 Å². The van der Waals surface area contributed by atoms with E-state index in [1.54, 1.807) is 42.5 Å². The smallest absolute Gasteiger partial charge is 0.264 e. The van der Waals surface area contributed by atoms with Crippen LogP contribution >= 0.6 is 23.2 Å². The lowest BCUT2D eigenvalue weighted by Crippen LogP contribution is -2.53. The predicted molar refractivity (Wildman–Crippen MR) is 174 cm³/mol. The van der Waals surface area contributed by atoms with Crippen LogP contribution in [0.2, 0.25) is 10.0 Å². The van der Waals surface area contributed by atoms with Crippen LogP contribution in [0.3, 0.4) is 0 Å². The highest BCUT2D eigenvalue weighted by atomic mass is 35.5. The Kier molecular flexibility index (Phi) is 10.9. The fourth-order valence-electron chi connectivity index (χ4n) is 4.76. The van der Waals surface area contributed by atoms with E-state index in [0.717, 1.165) is 15.4 Å². The Morgan fingerprint density at radius 1 is 0.864 bits per heavy atom. The van der Waals surface area contributed by atoms with Crippen LogP contribution in [0.5, 0.6) is 5.75 Å². The third kappa shape index (κ3) is 7.91. The molecule has 4 rings (SSSR count). The molecule has 0 bridgehead atoms. The summed E-state index contributed by atoms with van der Waals surface area (Å²) in [5.74, 6) is -0.823. The summed E-state index contributed by atoms with van der Waals surface area (Å²) in [4.78, 5) is 29.1. The van der Waals surface area contributed by atoms with Crippen molar-refractivity contribution in [1.29, 1.82) is 0 Å². The molecule has 4 aromatic carbocycles. The highest BCUT2D eigenvalue weighted by Gasteiger charge is 2.35. The molecule has 8 nitrogen and oxygen atoms in total. The lowest BCUT2D eigenvalue weighted by Gasteiger charge is -2.34. The van der Waals surface area contributed by atoms with Crippen molar-refractivity contribution in [2.24, 2.45) is 0 Å². The number of anilines is 1. The molecule has 0 heterocycles. The zero-order valence-electron chi connectivity index (χ0n) is 24.5. The minimum atomic E-state index is -4.31. The summed E-state index contributed by atoms with van der Waals surface area (Å²) in [6.45, 7) is 1.20. The summed E-state index contributed by atoms with van der Waals surface area (Å²) >= 11 is 12.6. The van der Waals surface area contributed by atoms with E-state index in [2.05, 4.69) is 5.32 Å². The molecule has 230 valence electrons. The molecule has 0 saturated carbocycles. The van der Waals surface area contributed by atoms with E-state index in [4.69, 9.17) is 27.9 Å². The molecule has 44 heavy (non-hydrogen) atoms. The lowest BCUT2D eigenvalue weighted by molar-refractivity contribution is -0.139. The maximum Gasteiger partial charge on any atom is 0.264 e. The zero-order chi connectivity index (χ0) is 31.9. The molecular weight excluding hydrogens is 621 g/mol. The van der Waals surface area contributed by atoms with Crippen LogP contribution in [0.25, 0.3) is 0 Å². The molecule has 0 aliphatic carbocycles. The number of methoxy groups -OCH3 is 1. The van der Waals surface area contributed by atoms with Crippen LogP contribution in [0.1, 0.15) is 16.7 Å². The number of ether oxygens (including phenoxy) is 1. The van der Waals surface area contributed by atoms with Gasteiger partial charge < -0.3 is 15.0 Å². The Morgan fingerprint density at radius 3 is 2.16 bits per heavy atom. The van der Waals surface area contributed by atoms with Crippen LogP contribution in [0, 0.1) is 6.92 Å². The number of carbonyl (C=O) groups excluding carboxylic acids is 2. The average molecular weight is 655 g/mol. The van der Waals surface area contributed by atoms with Crippen molar-refractivity contribution in [2.75, 3.05) is 25.0 Å². The monoisotopic (exact) mass is 653 g/mol. The summed E-state index contributed by atoms with van der Waals surface area (Å²) < 4.78 is 34.9. The molecule has 0 aromatic heterocycles. The summed E-state index contributed by atoms with van der Waals surface area (Å²) in [6, 6.07) is 26.1. The number of halogens is 2. The number of rotatable bonds is 12. The summed E-state index contributed by atoms with van der Waals surface area (Å²) in [7, 11) is -1.42. The van der Waals surface area contributed by atoms with Crippen LogP contribution in [0.15, 0.2) is 102 Å². The Labute approximate surface area is 268 Å². The number of hydrogen-bond acceptors (Lipinski definition) is 5. The van der Waals surface area contributed by atoms with Crippen molar-refractivity contribution >= 4 is 50.7 Å². The molecule has 11 heteroatoms. The molecule has 2 amide bonds. The lowest BCUT2D eigenvalue weighted by atomic mass is 10.0. The van der Waals surface area contributed by atoms with Crippen LogP contribution in [0.4, 0.5) is 5.69 Å². The Morgan fingerprint density at radius 2 is 1.52 bits per heavy atom. The average Bonchev–Trinajstić information content (AvgIpc) is 3.01. The first kappa shape index (κ1) is 32.9. The van der Waals surface area contributed by atoms with Gasteiger partial charge in [-0.1, -0.05) is 83.4 Å². The molecule has 0 aliphatic heterocycles. The van der Waals surface area contributed by atoms with Gasteiger partial charge in [-0.2, -0.15) is 0 Å². The van der Waals surface area contributed by atoms with Gasteiger partial charge in [-0.05, 0) is 60.5 Å². The van der Waals surface area contributed by atoms with Crippen LogP contribution < -0.4 is 14.4 Å². The number of likely N-dealkylation sites (N-methyl/N-ethyl adjacent to an activating group) is 1. The summed E-state index contributed by atoms with van der Waals surface area (Å²) in [5, 5.41) is 3.37. The Balaban J connectivity index is 1.84. The standard InChI is InChI=1S/C33H33Cl2N3O5S/c1-23-12-15-28(16-13-23)44(41,42)38(29-20-27(35)14-17-31(29)43-3)22-32(39)37(21-25-10-7-11-26(34)18-25)30(33(40)36-2)19-24-8-5-4-6-9-24/h4-18,20,30H,19,21-22H2,1-3H3,(H,36,40)/t30-/m0/s1. The Bertz CT molecular complexity index is 1720. The normalized spacial score (nSPS) is 11.8. The highest BCUT2D eigenvalue weighted by molar-refractivity contribution is 7.92. The molecule has 0 fully saturated rings. The van der Waals surface area contributed by atoms with Crippen LogP contribution in [-0.4, -0.2) is 51.9 Å². The molecule has 0 radical (unpaired) electrons. The van der Waals surface area contributed by atoms with Gasteiger partial charge in [-0.3, -0.25) is 13.9 Å². The van der Waals surface area contributed by atoms with Crippen molar-refractivity contribution in [2.45, 2.75) is 30.8 Å². The number of nitrogens with zero attached hydrogens (tertiary/aromatic N) is 2. The van der Waals surface area contributed by atoms with E-state index in [1.165, 1.54) is 43.3 Å². The zero-order valence-corrected chi connectivity index (χ0v) is 26.9. The largest absolute Gasteiger partial charge is 0.495 e. The maximum absolute atomic E-state index is 14.4. The molecule has 1 N–H and O–H groups in total. The molecule has 1 atom stereocenters. The van der Waals surface area contributed by atoms with E-state index < -0.39 is 34.4 Å². The van der Waals surface area contributed by atoms with Crippen molar-refractivity contribution < 1.29 is 22.7 Å². The minimum absolute atomic E-state index is 0.00455. The van der Waals surface area contributed by atoms with E-state index in [9.17, 15) is 18.0 Å². The highest BCUT2D eigenvalue weighted by Crippen LogP contribution is 2.35. The molecule has 4 aromatic rings. The van der Waals surface area contributed by atoms with Crippen molar-refractivity contribution in [3.05, 3.63) is 124 Å². The van der Waals surface area contributed by atoms with E-state index in [0.29, 0.717) is 10.6 Å². The third-order valence-corrected chi connectivity index (χ3v) is 9.30. The summed E-state index contributed by atoms with van der Waals surface area (Å²) in [6.07, 6.45) is 0.192. The first-order valence-corrected chi connectivity index (χ1v) is 16.0. The van der Waals surface area contributed by atoms with Crippen molar-refractivity contribution in [1.82, 2.24) is 10.2 Å². The number of sulfonamides is 1. The second-order valence-electron chi connectivity index (χ2n) is 10.1. The molecule has 0 saturated heterocycles. The van der Waals surface area contributed by atoms with Gasteiger partial charge in [0.25, 0.3) is 10.0 Å². The van der Waals surface area contributed by atoms with E-state index in [1.807, 2.05) is 37.3 Å². The number of aryl methyl sites for hydroxylation is 1. The van der Waals surface area contributed by atoms with E-state index >= 15 is 0 Å². The van der Waals surface area contributed by atoms with Gasteiger partial charge in [0, 0.05) is 30.1 Å². The topological polar surface area (TPSA) is 96.0 Å². The third-order valence-electron chi connectivity index (χ3n) is 7.06. The summed E-state index contributed by atoms with van der Waals surface area (Å²) in [5.41, 5.74) is 2.44. The molecule has 0 aliphatic rings. The first-order valence-electron chi connectivity index (χ1n) is 13.8. The number of hydrogen-bond donors (Lipinski definition) is 1. The number of benzene rings is 4. The van der Waals surface area contributed by atoms with Gasteiger partial charge in [0.2, 0.25) is 11.8 Å². The number of carbonyl (C=O) groups is 2. The SMILES string of the molecule is CNC(=O)[C@H](Cc1ccccc1)N(Cc1cccc(Cl)c1)C(=O)CN(c1cc(Cl)ccc1OC)S(=O)(=O)c1ccc(C)cc1. The molecular formula is C33H33Cl2N3O5S. The second kappa shape index (κ2) is 14.6. The van der Waals surface area contributed by atoms with Gasteiger partial charge in [-0.15, -0.1) is 0 Å². The minimum Gasteiger partial charge on any atom is -0.495 e. The fraction of sp³-hybridized carbons (Fsp3) is 0.212. The first-order chi connectivity index (χ1) is 21.0. The van der Waals surface area contributed by atoms with Crippen molar-refractivity contribution in [3.8, 4) is 5.75 Å². The van der Waals surface area contributed by atoms with Gasteiger partial charge in [0.1, 0.15) is 18.3 Å². The Hall–Kier alpha value is -4.05. The second-order valence-corrected chi connectivity index (χ2v) is 12.8. The van der Waals surface area contributed by atoms with E-state index in [-0.39, 0.29) is 34.3 Å². The quantitative estimate of drug-likeness (QED) is 0.206. The van der Waals surface area contributed by atoms with Gasteiger partial charge in [0.15, 0.2) is 0 Å². The number of amides is 2. The van der Waals surface area contributed by atoms with Crippen LogP contribution in [-0.2, 0) is 32.6 Å². The fourth-order valence-corrected chi connectivity index (χ4v) is 6.56. The molecule has 0 spiro atoms. The number of nitrogens with one attached hydrogen (secondary N) is 1. The maximum atomic E-state index is 14.4. The predicted octanol–water partition coefficient (Wildman–Crippen LogP) is 5.89. The van der Waals surface area contributed by atoms with Gasteiger partial charge in [0.05, 0.1) is 17.7 Å². The molecule has 0 unspecified atom stereocenters. The van der Waals surface area contributed by atoms with Gasteiger partial charge >= 0.3 is 0 Å². The van der Waals surface area contributed by atoms with Gasteiger partial charge in [-0.25, -0.2) is 8.42 Å².